The minimum absolute atomic E-state index is 0.0329. The lowest BCUT2D eigenvalue weighted by molar-refractivity contribution is -0.138. The van der Waals surface area contributed by atoms with Crippen LogP contribution in [0.4, 0.5) is 13.2 Å². The van der Waals surface area contributed by atoms with Crippen molar-refractivity contribution >= 4 is 16.0 Å². The van der Waals surface area contributed by atoms with Crippen LogP contribution >= 0.6 is 0 Å². The third kappa shape index (κ3) is 9.73. The lowest BCUT2D eigenvalue weighted by Crippen LogP contribution is -2.46. The van der Waals surface area contributed by atoms with Crippen molar-refractivity contribution in [2.24, 2.45) is 0 Å². The van der Waals surface area contributed by atoms with Gasteiger partial charge in [-0.3, -0.25) is 4.79 Å². The molecule has 2 aromatic carbocycles. The fraction of sp³-hybridized carbons (Fsp3) is 0.500. The van der Waals surface area contributed by atoms with Crippen LogP contribution in [0.2, 0.25) is 0 Å². The Kier molecular flexibility index (Phi) is 10.7. The summed E-state index contributed by atoms with van der Waals surface area (Å²) < 4.78 is 66.9. The van der Waals surface area contributed by atoms with Gasteiger partial charge in [-0.05, 0) is 62.8 Å². The van der Waals surface area contributed by atoms with Crippen LogP contribution in [0.3, 0.4) is 0 Å². The molecule has 0 aliphatic rings. The number of sulfonamides is 1. The number of aliphatic carboxylic acids is 1. The number of likely N-dealkylation sites (N-methyl/N-ethyl adjacent to an activating group) is 1. The largest absolute Gasteiger partial charge is 0.481 e. The number of aliphatic hydroxyl groups is 1. The molecule has 0 saturated carbocycles. The average Bonchev–Trinajstić information content (AvgIpc) is 2.81. The third-order valence-electron chi connectivity index (χ3n) is 6.09. The van der Waals surface area contributed by atoms with Crippen LogP contribution in [0.1, 0.15) is 49.8 Å². The molecule has 1 atom stereocenters. The Morgan fingerprint density at radius 3 is 2.32 bits per heavy atom. The number of aryl methyl sites for hydroxylation is 2. The molecule has 0 heterocycles. The molecule has 11 heteroatoms. The Morgan fingerprint density at radius 1 is 1.08 bits per heavy atom. The second-order valence-corrected chi connectivity index (χ2v) is 11.8. The summed E-state index contributed by atoms with van der Waals surface area (Å²) in [5.41, 5.74) is -0.298. The van der Waals surface area contributed by atoms with E-state index in [0.717, 1.165) is 35.7 Å². The molecule has 0 aliphatic heterocycles. The maximum Gasteiger partial charge on any atom is 0.416 e. The first-order valence-corrected chi connectivity index (χ1v) is 13.4. The van der Waals surface area contributed by atoms with Gasteiger partial charge < -0.3 is 15.5 Å². The molecule has 0 aromatic heterocycles. The quantitative estimate of drug-likeness (QED) is 0.331. The third-order valence-corrected chi connectivity index (χ3v) is 7.99. The zero-order chi connectivity index (χ0) is 27.9. The second-order valence-electron chi connectivity index (χ2n) is 9.76. The van der Waals surface area contributed by atoms with Gasteiger partial charge in [0.25, 0.3) is 0 Å². The van der Waals surface area contributed by atoms with E-state index < -0.39 is 45.2 Å². The number of β-amino-alcohol motifs (C(OH)–C–C–N with tert-alkyl or cyclic N) is 1. The van der Waals surface area contributed by atoms with Crippen molar-refractivity contribution in [2.45, 2.75) is 68.7 Å². The molecule has 0 unspecified atom stereocenters. The highest BCUT2D eigenvalue weighted by molar-refractivity contribution is 7.89. The summed E-state index contributed by atoms with van der Waals surface area (Å²) in [6.07, 6.45) is -3.98. The fourth-order valence-electron chi connectivity index (χ4n) is 3.91. The van der Waals surface area contributed by atoms with Crippen LogP contribution in [0.15, 0.2) is 53.4 Å². The van der Waals surface area contributed by atoms with Crippen molar-refractivity contribution in [2.75, 3.05) is 20.1 Å². The van der Waals surface area contributed by atoms with Crippen LogP contribution in [0.25, 0.3) is 0 Å². The highest BCUT2D eigenvalue weighted by Gasteiger charge is 2.34. The van der Waals surface area contributed by atoms with E-state index in [1.807, 2.05) is 32.0 Å². The minimum atomic E-state index is -4.77. The van der Waals surface area contributed by atoms with Crippen LogP contribution in [0, 0.1) is 0 Å². The molecule has 0 fully saturated rings. The second kappa shape index (κ2) is 12.9. The zero-order valence-corrected chi connectivity index (χ0v) is 22.1. The molecule has 3 N–H and O–H groups in total. The fourth-order valence-corrected chi connectivity index (χ4v) is 5.39. The summed E-state index contributed by atoms with van der Waals surface area (Å²) in [5.74, 6) is -1.20. The standard InChI is InChI=1S/C26H35F3N2O5S/c1-25(2,15-7-10-19-8-5-4-6-9-19)30-17-22(32)18-31(3)37(35,36)23-16-21(26(27,28)29)13-11-20(23)12-14-24(33)34/h4-6,8-9,11,13,16,22,30,32H,7,10,12,14-15,17-18H2,1-3H3,(H,33,34)/t22-/m0/s1. The average molecular weight is 545 g/mol. The Labute approximate surface area is 216 Å². The van der Waals surface area contributed by atoms with E-state index in [2.05, 4.69) is 17.4 Å². The predicted octanol–water partition coefficient (Wildman–Crippen LogP) is 4.10. The van der Waals surface area contributed by atoms with Gasteiger partial charge in [0.15, 0.2) is 0 Å². The number of carboxylic acids is 1. The van der Waals surface area contributed by atoms with Gasteiger partial charge in [-0.1, -0.05) is 36.4 Å². The number of benzene rings is 2. The van der Waals surface area contributed by atoms with E-state index in [-0.39, 0.29) is 30.6 Å². The Morgan fingerprint density at radius 2 is 1.73 bits per heavy atom. The highest BCUT2D eigenvalue weighted by atomic mass is 32.2. The maximum atomic E-state index is 13.3. The van der Waals surface area contributed by atoms with Gasteiger partial charge in [0.05, 0.1) is 16.6 Å². The van der Waals surface area contributed by atoms with Gasteiger partial charge >= 0.3 is 12.1 Å². The number of rotatable bonds is 14. The van der Waals surface area contributed by atoms with Crippen LogP contribution in [0.5, 0.6) is 0 Å². The molecular weight excluding hydrogens is 509 g/mol. The molecule has 2 aromatic rings. The first kappa shape index (κ1) is 30.8. The van der Waals surface area contributed by atoms with Crippen molar-refractivity contribution in [1.82, 2.24) is 9.62 Å². The topological polar surface area (TPSA) is 107 Å². The molecular formula is C26H35F3N2O5S. The molecule has 206 valence electrons. The SMILES string of the molecule is CN(C[C@@H](O)CNC(C)(C)CCCc1ccccc1)S(=O)(=O)c1cc(C(F)(F)F)ccc1CCC(=O)O. The lowest BCUT2D eigenvalue weighted by Gasteiger charge is -2.29. The molecule has 37 heavy (non-hydrogen) atoms. The minimum Gasteiger partial charge on any atom is -0.481 e. The number of hydrogen-bond donors (Lipinski definition) is 3. The summed E-state index contributed by atoms with van der Waals surface area (Å²) in [6, 6.07) is 12.3. The van der Waals surface area contributed by atoms with Crippen LogP contribution < -0.4 is 5.32 Å². The monoisotopic (exact) mass is 544 g/mol. The van der Waals surface area contributed by atoms with Crippen molar-refractivity contribution < 1.29 is 36.6 Å². The van der Waals surface area contributed by atoms with E-state index in [1.54, 1.807) is 0 Å². The molecule has 2 rings (SSSR count). The van der Waals surface area contributed by atoms with E-state index in [1.165, 1.54) is 12.6 Å². The van der Waals surface area contributed by atoms with Crippen molar-refractivity contribution in [3.05, 3.63) is 65.2 Å². The summed E-state index contributed by atoms with van der Waals surface area (Å²) in [4.78, 5) is 10.3. The summed E-state index contributed by atoms with van der Waals surface area (Å²) >= 11 is 0. The van der Waals surface area contributed by atoms with Gasteiger partial charge in [-0.2, -0.15) is 17.5 Å². The van der Waals surface area contributed by atoms with E-state index >= 15 is 0 Å². The molecule has 0 bridgehead atoms. The number of aliphatic hydroxyl groups excluding tert-OH is 1. The molecule has 7 nitrogen and oxygen atoms in total. The van der Waals surface area contributed by atoms with E-state index in [0.29, 0.717) is 6.07 Å². The Balaban J connectivity index is 2.04. The molecule has 0 spiro atoms. The number of alkyl halides is 3. The van der Waals surface area contributed by atoms with Gasteiger partial charge in [0, 0.05) is 32.1 Å². The molecule has 0 aliphatic carbocycles. The lowest BCUT2D eigenvalue weighted by atomic mass is 9.95. The van der Waals surface area contributed by atoms with Gasteiger partial charge in [0.1, 0.15) is 0 Å². The summed E-state index contributed by atoms with van der Waals surface area (Å²) in [7, 11) is -3.27. The van der Waals surface area contributed by atoms with Crippen LogP contribution in [-0.4, -0.2) is 60.7 Å². The Bertz CT molecular complexity index is 1140. The van der Waals surface area contributed by atoms with Crippen molar-refractivity contribution in [3.63, 3.8) is 0 Å². The molecule has 0 amide bonds. The van der Waals surface area contributed by atoms with Crippen LogP contribution in [-0.2, 0) is 33.8 Å². The highest BCUT2D eigenvalue weighted by Crippen LogP contribution is 2.33. The first-order chi connectivity index (χ1) is 17.1. The number of nitrogens with zero attached hydrogens (tertiary/aromatic N) is 1. The van der Waals surface area contributed by atoms with Crippen molar-refractivity contribution in [3.8, 4) is 0 Å². The maximum absolute atomic E-state index is 13.3. The Hall–Kier alpha value is -2.47. The first-order valence-electron chi connectivity index (χ1n) is 12.0. The number of carboxylic acid groups (broad SMARTS) is 1. The zero-order valence-electron chi connectivity index (χ0n) is 21.3. The van der Waals surface area contributed by atoms with Gasteiger partial charge in [-0.15, -0.1) is 0 Å². The number of halogens is 3. The van der Waals surface area contributed by atoms with E-state index in [4.69, 9.17) is 5.11 Å². The number of hydrogen-bond acceptors (Lipinski definition) is 5. The normalized spacial score (nSPS) is 13.6. The summed E-state index contributed by atoms with van der Waals surface area (Å²) in [5, 5.41) is 22.7. The van der Waals surface area contributed by atoms with Gasteiger partial charge in [0.2, 0.25) is 10.0 Å². The van der Waals surface area contributed by atoms with Gasteiger partial charge in [-0.25, -0.2) is 8.42 Å². The number of carbonyl (C=O) groups is 1. The number of nitrogens with one attached hydrogen (secondary N) is 1. The van der Waals surface area contributed by atoms with E-state index in [9.17, 15) is 31.5 Å². The van der Waals surface area contributed by atoms with Crippen molar-refractivity contribution in [1.29, 1.82) is 0 Å². The predicted molar refractivity (Wildman–Crippen MR) is 135 cm³/mol. The summed E-state index contributed by atoms with van der Waals surface area (Å²) in [6.45, 7) is 3.67. The molecule has 0 saturated heterocycles. The smallest absolute Gasteiger partial charge is 0.416 e. The molecule has 0 radical (unpaired) electrons.